The fraction of sp³-hybridized carbons (Fsp3) is 0.667. The molecule has 0 bridgehead atoms. The molecule has 0 unspecified atom stereocenters. The van der Waals surface area contributed by atoms with Crippen LogP contribution in [-0.4, -0.2) is 78.7 Å². The van der Waals surface area contributed by atoms with E-state index >= 15 is 0 Å². The Morgan fingerprint density at radius 1 is 0.967 bits per heavy atom. The van der Waals surface area contributed by atoms with Crippen molar-refractivity contribution in [1.29, 1.82) is 0 Å². The van der Waals surface area contributed by atoms with E-state index < -0.39 is 12.4 Å². The van der Waals surface area contributed by atoms with E-state index in [-0.39, 0.29) is 46.5 Å². The summed E-state index contributed by atoms with van der Waals surface area (Å²) < 4.78 is 41.4. The molecule has 0 aromatic heterocycles. The molecule has 0 spiro atoms. The Morgan fingerprint density at radius 3 is 2.40 bits per heavy atom. The molecule has 0 aliphatic carbocycles. The van der Waals surface area contributed by atoms with Crippen LogP contribution in [0.1, 0.15) is 12.5 Å². The standard InChI is InChI=1S/C21H25IO8/c1-11(23)28-15-10-27-20-16(22)21(30-19(15)20)29-14-9-26-17-13(8-25-18(14)17)24-7-12-5-3-2-4-6-12/h2-6,13-21H,7-10H2,1H3/t13-,14+,15-,16-,17-,18-,19-,20-,21-/m1/s1. The van der Waals surface area contributed by atoms with Crippen molar-refractivity contribution < 1.29 is 38.0 Å². The maximum absolute atomic E-state index is 11.3. The average molecular weight is 532 g/mol. The van der Waals surface area contributed by atoms with Crippen LogP contribution >= 0.6 is 22.6 Å². The Hall–Kier alpha value is -0.820. The normalized spacial score (nSPS) is 42.3. The first-order valence-corrected chi connectivity index (χ1v) is 11.5. The van der Waals surface area contributed by atoms with Gasteiger partial charge in [-0.1, -0.05) is 52.9 Å². The van der Waals surface area contributed by atoms with Crippen LogP contribution in [0.25, 0.3) is 0 Å². The zero-order valence-electron chi connectivity index (χ0n) is 16.6. The van der Waals surface area contributed by atoms with E-state index in [0.717, 1.165) is 5.56 Å². The number of carbonyl (C=O) groups excluding carboxylic acids is 1. The molecule has 1 aromatic rings. The lowest BCUT2D eigenvalue weighted by atomic mass is 10.1. The molecule has 4 aliphatic heterocycles. The molecule has 4 aliphatic rings. The minimum absolute atomic E-state index is 0.0151. The summed E-state index contributed by atoms with van der Waals surface area (Å²) in [5.74, 6) is -0.338. The van der Waals surface area contributed by atoms with Gasteiger partial charge in [-0.2, -0.15) is 0 Å². The topological polar surface area (TPSA) is 81.7 Å². The van der Waals surface area contributed by atoms with Gasteiger partial charge in [0.1, 0.15) is 36.6 Å². The summed E-state index contributed by atoms with van der Waals surface area (Å²) in [4.78, 5) is 11.3. The maximum Gasteiger partial charge on any atom is 0.303 e. The van der Waals surface area contributed by atoms with Crippen LogP contribution in [0, 0.1) is 0 Å². The minimum Gasteiger partial charge on any atom is -0.457 e. The Bertz CT molecular complexity index is 748. The van der Waals surface area contributed by atoms with Gasteiger partial charge in [0.25, 0.3) is 0 Å². The Kier molecular flexibility index (Phi) is 6.29. The third-order valence-electron chi connectivity index (χ3n) is 5.90. The van der Waals surface area contributed by atoms with Gasteiger partial charge in [-0.25, -0.2) is 0 Å². The summed E-state index contributed by atoms with van der Waals surface area (Å²) in [5, 5.41) is 0. The number of hydrogen-bond acceptors (Lipinski definition) is 8. The number of rotatable bonds is 6. The van der Waals surface area contributed by atoms with E-state index in [1.807, 2.05) is 30.3 Å². The second kappa shape index (κ2) is 8.97. The van der Waals surface area contributed by atoms with Gasteiger partial charge in [0.15, 0.2) is 12.4 Å². The molecule has 8 nitrogen and oxygen atoms in total. The van der Waals surface area contributed by atoms with E-state index in [9.17, 15) is 4.79 Å². The van der Waals surface area contributed by atoms with Crippen LogP contribution in [0.3, 0.4) is 0 Å². The Balaban J connectivity index is 1.15. The van der Waals surface area contributed by atoms with Crippen molar-refractivity contribution in [1.82, 2.24) is 0 Å². The van der Waals surface area contributed by atoms with Crippen molar-refractivity contribution >= 4 is 28.6 Å². The first-order chi connectivity index (χ1) is 14.6. The molecule has 30 heavy (non-hydrogen) atoms. The monoisotopic (exact) mass is 532 g/mol. The number of hydrogen-bond donors (Lipinski definition) is 0. The zero-order valence-corrected chi connectivity index (χ0v) is 18.7. The highest BCUT2D eigenvalue weighted by Gasteiger charge is 2.56. The summed E-state index contributed by atoms with van der Waals surface area (Å²) in [7, 11) is 0. The molecule has 4 heterocycles. The van der Waals surface area contributed by atoms with E-state index in [4.69, 9.17) is 33.2 Å². The molecule has 9 atom stereocenters. The van der Waals surface area contributed by atoms with Crippen LogP contribution in [0.15, 0.2) is 30.3 Å². The summed E-state index contributed by atoms with van der Waals surface area (Å²) in [5.41, 5.74) is 1.12. The second-order valence-electron chi connectivity index (χ2n) is 7.96. The van der Waals surface area contributed by atoms with Crippen LogP contribution in [0.2, 0.25) is 0 Å². The summed E-state index contributed by atoms with van der Waals surface area (Å²) in [6.45, 7) is 3.16. The zero-order chi connectivity index (χ0) is 20.7. The quantitative estimate of drug-likeness (QED) is 0.311. The number of carbonyl (C=O) groups is 1. The Labute approximate surface area is 188 Å². The van der Waals surface area contributed by atoms with Crippen molar-refractivity contribution in [2.75, 3.05) is 19.8 Å². The molecule has 164 valence electrons. The van der Waals surface area contributed by atoms with Gasteiger partial charge in [0, 0.05) is 6.92 Å². The fourth-order valence-electron chi connectivity index (χ4n) is 4.49. The van der Waals surface area contributed by atoms with Crippen molar-refractivity contribution in [3.8, 4) is 0 Å². The fourth-order valence-corrected chi connectivity index (χ4v) is 5.45. The lowest BCUT2D eigenvalue weighted by Crippen LogP contribution is -2.38. The summed E-state index contributed by atoms with van der Waals surface area (Å²) >= 11 is 2.28. The Morgan fingerprint density at radius 2 is 1.63 bits per heavy atom. The number of fused-ring (bicyclic) bond motifs is 2. The van der Waals surface area contributed by atoms with E-state index in [2.05, 4.69) is 22.6 Å². The molecule has 4 saturated heterocycles. The average Bonchev–Trinajstić information content (AvgIpc) is 3.48. The predicted molar refractivity (Wildman–Crippen MR) is 111 cm³/mol. The van der Waals surface area contributed by atoms with Crippen molar-refractivity contribution in [3.63, 3.8) is 0 Å². The smallest absolute Gasteiger partial charge is 0.303 e. The third-order valence-corrected chi connectivity index (χ3v) is 7.20. The second-order valence-corrected chi connectivity index (χ2v) is 9.40. The number of halogens is 1. The van der Waals surface area contributed by atoms with Crippen molar-refractivity contribution in [3.05, 3.63) is 35.9 Å². The summed E-state index contributed by atoms with van der Waals surface area (Å²) in [6, 6.07) is 10.0. The van der Waals surface area contributed by atoms with Gasteiger partial charge >= 0.3 is 5.97 Å². The van der Waals surface area contributed by atoms with Crippen molar-refractivity contribution in [2.45, 2.75) is 66.5 Å². The lowest BCUT2D eigenvalue weighted by molar-refractivity contribution is -0.193. The molecule has 0 amide bonds. The van der Waals surface area contributed by atoms with E-state index in [1.165, 1.54) is 6.92 Å². The first-order valence-electron chi connectivity index (χ1n) is 10.2. The van der Waals surface area contributed by atoms with Crippen LogP contribution in [0.5, 0.6) is 0 Å². The number of benzene rings is 1. The number of alkyl halides is 1. The maximum atomic E-state index is 11.3. The molecule has 0 radical (unpaired) electrons. The number of esters is 1. The van der Waals surface area contributed by atoms with Gasteiger partial charge in [-0.05, 0) is 5.56 Å². The van der Waals surface area contributed by atoms with Gasteiger partial charge in [0.05, 0.1) is 30.4 Å². The first kappa shape index (κ1) is 21.0. The van der Waals surface area contributed by atoms with Crippen molar-refractivity contribution in [2.24, 2.45) is 0 Å². The molecule has 9 heteroatoms. The third kappa shape index (κ3) is 4.13. The number of ether oxygens (including phenoxy) is 7. The predicted octanol–water partition coefficient (Wildman–Crippen LogP) is 1.61. The molecule has 0 N–H and O–H groups in total. The molecular weight excluding hydrogens is 507 g/mol. The van der Waals surface area contributed by atoms with Crippen LogP contribution in [0.4, 0.5) is 0 Å². The van der Waals surface area contributed by atoms with Crippen LogP contribution in [-0.2, 0) is 44.6 Å². The van der Waals surface area contributed by atoms with Gasteiger partial charge in [-0.15, -0.1) is 0 Å². The highest BCUT2D eigenvalue weighted by Crippen LogP contribution is 2.40. The van der Waals surface area contributed by atoms with Gasteiger partial charge in [-0.3, -0.25) is 4.79 Å². The highest BCUT2D eigenvalue weighted by molar-refractivity contribution is 14.1. The van der Waals surface area contributed by atoms with E-state index in [1.54, 1.807) is 0 Å². The molecular formula is C21H25IO8. The lowest BCUT2D eigenvalue weighted by Gasteiger charge is -2.24. The molecule has 0 saturated carbocycles. The van der Waals surface area contributed by atoms with E-state index in [0.29, 0.717) is 26.4 Å². The molecule has 5 rings (SSSR count). The van der Waals surface area contributed by atoms with Gasteiger partial charge < -0.3 is 33.2 Å². The molecule has 1 aromatic carbocycles. The largest absolute Gasteiger partial charge is 0.457 e. The molecule has 4 fully saturated rings. The SMILES string of the molecule is CC(=O)O[C@@H]1CO[C@@H]2[C@@H](I)[C@H](O[C@H]3CO[C@H]4[C@@H]3OC[C@H]4OCc3ccccc3)O[C@@H]21. The summed E-state index contributed by atoms with van der Waals surface area (Å²) in [6.07, 6.45) is -2.06. The minimum atomic E-state index is -0.473. The van der Waals surface area contributed by atoms with Gasteiger partial charge in [0.2, 0.25) is 0 Å². The highest BCUT2D eigenvalue weighted by atomic mass is 127. The van der Waals surface area contributed by atoms with Crippen LogP contribution < -0.4 is 0 Å².